The van der Waals surface area contributed by atoms with Crippen molar-refractivity contribution < 1.29 is 18.3 Å². The largest absolute Gasteiger partial charge is 0.492 e. The number of aromatic nitrogens is 2. The van der Waals surface area contributed by atoms with E-state index in [-0.39, 0.29) is 16.8 Å². The molecule has 3 aromatic rings. The number of amides is 1. The first-order chi connectivity index (χ1) is 17.1. The number of carbonyl (C=O) groups is 1. The second-order valence-electron chi connectivity index (χ2n) is 10.3. The molecule has 4 heterocycles. The smallest absolute Gasteiger partial charge is 0.268 e. The van der Waals surface area contributed by atoms with E-state index in [0.717, 1.165) is 0 Å². The van der Waals surface area contributed by atoms with Crippen LogP contribution in [0.4, 0.5) is 14.5 Å². The molecular formula is C23H26B3F2N5O3. The van der Waals surface area contributed by atoms with E-state index in [0.29, 0.717) is 73.7 Å². The number of carbonyl (C=O) groups excluding carboxylic acids is 1. The van der Waals surface area contributed by atoms with Gasteiger partial charge in [0.25, 0.3) is 11.5 Å². The number of pyridine rings is 2. The van der Waals surface area contributed by atoms with Gasteiger partial charge >= 0.3 is 0 Å². The van der Waals surface area contributed by atoms with E-state index in [1.165, 1.54) is 6.07 Å². The van der Waals surface area contributed by atoms with E-state index in [1.54, 1.807) is 18.2 Å². The molecule has 0 bridgehead atoms. The number of nitrogens with zero attached hydrogens (tertiary/aromatic N) is 3. The highest BCUT2D eigenvalue weighted by molar-refractivity contribution is 6.60. The first-order valence-corrected chi connectivity index (χ1v) is 12.1. The van der Waals surface area contributed by atoms with Crippen molar-refractivity contribution in [3.63, 3.8) is 0 Å². The van der Waals surface area contributed by atoms with Crippen molar-refractivity contribution in [2.75, 3.05) is 37.7 Å². The van der Waals surface area contributed by atoms with E-state index in [9.17, 15) is 14.0 Å². The Balaban J connectivity index is 1.26. The Morgan fingerprint density at radius 3 is 2.58 bits per heavy atom. The summed E-state index contributed by atoms with van der Waals surface area (Å²) in [6.07, 6.45) is 0.525. The average molecular weight is 491 g/mol. The van der Waals surface area contributed by atoms with Gasteiger partial charge in [0.1, 0.15) is 35.0 Å². The molecule has 184 valence electrons. The SMILES string of the molecule is BC(B)(B)NC(=O)c1ccc(N2CCN(Cc3ccc4c5c(c(=O)[nH]c4c3F)CCO5)CC2)c(F)n1. The van der Waals surface area contributed by atoms with Crippen LogP contribution in [-0.4, -0.2) is 82.3 Å². The number of ether oxygens (including phenoxy) is 1. The third kappa shape index (κ3) is 4.71. The fourth-order valence-electron chi connectivity index (χ4n) is 4.74. The van der Waals surface area contributed by atoms with Crippen LogP contribution in [0, 0.1) is 11.8 Å². The normalized spacial score (nSPS) is 16.1. The van der Waals surface area contributed by atoms with Crippen LogP contribution in [0.25, 0.3) is 10.9 Å². The predicted molar refractivity (Wildman–Crippen MR) is 141 cm³/mol. The number of hydrogen-bond donors (Lipinski definition) is 2. The molecule has 1 aromatic carbocycles. The lowest BCUT2D eigenvalue weighted by Crippen LogP contribution is -2.50. The van der Waals surface area contributed by atoms with E-state index in [4.69, 9.17) is 4.74 Å². The van der Waals surface area contributed by atoms with Crippen LogP contribution < -0.4 is 20.5 Å². The number of aromatic amines is 1. The highest BCUT2D eigenvalue weighted by atomic mass is 19.1. The Hall–Kier alpha value is -3.34. The molecule has 0 spiro atoms. The third-order valence-corrected chi connectivity index (χ3v) is 6.51. The van der Waals surface area contributed by atoms with Gasteiger partial charge in [-0.1, -0.05) is 6.07 Å². The van der Waals surface area contributed by atoms with Gasteiger partial charge in [0, 0.05) is 50.1 Å². The lowest BCUT2D eigenvalue weighted by molar-refractivity contribution is 0.0946. The Morgan fingerprint density at radius 1 is 1.14 bits per heavy atom. The summed E-state index contributed by atoms with van der Waals surface area (Å²) in [6.45, 7) is 3.02. The average Bonchev–Trinajstić information content (AvgIpc) is 3.32. The van der Waals surface area contributed by atoms with Crippen LogP contribution in [-0.2, 0) is 13.0 Å². The second-order valence-corrected chi connectivity index (χ2v) is 10.3. The van der Waals surface area contributed by atoms with Crippen LogP contribution in [0.15, 0.2) is 29.1 Å². The molecule has 5 rings (SSSR count). The Kier molecular flexibility index (Phi) is 6.28. The first-order valence-electron chi connectivity index (χ1n) is 12.1. The minimum Gasteiger partial charge on any atom is -0.492 e. The summed E-state index contributed by atoms with van der Waals surface area (Å²) in [7, 11) is 5.54. The molecule has 2 aliphatic rings. The summed E-state index contributed by atoms with van der Waals surface area (Å²) in [5.41, 5.74) is 1.27. The van der Waals surface area contributed by atoms with Gasteiger partial charge in [0.2, 0.25) is 5.95 Å². The molecule has 0 atom stereocenters. The van der Waals surface area contributed by atoms with Crippen LogP contribution in [0.1, 0.15) is 21.6 Å². The number of piperazine rings is 1. The lowest BCUT2D eigenvalue weighted by atomic mass is 9.49. The fraction of sp³-hybridized carbons (Fsp3) is 0.348. The lowest BCUT2D eigenvalue weighted by Gasteiger charge is -2.36. The number of H-pyrrole nitrogens is 1. The van der Waals surface area contributed by atoms with E-state index in [2.05, 4.69) is 20.2 Å². The summed E-state index contributed by atoms with van der Waals surface area (Å²) in [6, 6.07) is 6.63. The standard InChI is InChI=1S/C23H26B3F2N5O3/c24-23(25,26)31-22(35)15-3-4-16(20(28)29-15)33-8-6-32(7-9-33)11-12-1-2-13-18(17(12)27)30-21(34)14-5-10-36-19(13)14/h1-4H,5-11,24-26H2,(H,30,34)(H,31,35). The van der Waals surface area contributed by atoms with Crippen molar-refractivity contribution in [3.05, 3.63) is 63.2 Å². The number of benzene rings is 1. The van der Waals surface area contributed by atoms with Crippen molar-refractivity contribution in [1.29, 1.82) is 0 Å². The van der Waals surface area contributed by atoms with Crippen molar-refractivity contribution in [1.82, 2.24) is 20.2 Å². The molecule has 2 aromatic heterocycles. The van der Waals surface area contributed by atoms with E-state index < -0.39 is 22.9 Å². The number of halogens is 2. The molecule has 8 nitrogen and oxygen atoms in total. The maximum atomic E-state index is 15.3. The van der Waals surface area contributed by atoms with Crippen LogP contribution >= 0.6 is 0 Å². The Labute approximate surface area is 209 Å². The van der Waals surface area contributed by atoms with Crippen molar-refractivity contribution in [2.45, 2.75) is 18.2 Å². The van der Waals surface area contributed by atoms with Gasteiger partial charge in [-0.15, -0.1) is 0 Å². The zero-order valence-electron chi connectivity index (χ0n) is 20.6. The molecule has 0 radical (unpaired) electrons. The summed E-state index contributed by atoms with van der Waals surface area (Å²) in [5, 5.41) is 2.91. The quantitative estimate of drug-likeness (QED) is 0.341. The van der Waals surface area contributed by atoms with Gasteiger partial charge in [0.15, 0.2) is 5.82 Å². The summed E-state index contributed by atoms with van der Waals surface area (Å²) >= 11 is 0. The molecular weight excluding hydrogens is 465 g/mol. The molecule has 0 aliphatic carbocycles. The van der Waals surface area contributed by atoms with Crippen molar-refractivity contribution >= 4 is 46.0 Å². The first kappa shape index (κ1) is 24.4. The summed E-state index contributed by atoms with van der Waals surface area (Å²) < 4.78 is 35.7. The van der Waals surface area contributed by atoms with Gasteiger partial charge in [-0.2, -0.15) is 4.39 Å². The number of anilines is 1. The molecule has 1 saturated heterocycles. The molecule has 36 heavy (non-hydrogen) atoms. The zero-order valence-corrected chi connectivity index (χ0v) is 20.6. The van der Waals surface area contributed by atoms with Crippen molar-refractivity contribution in [3.8, 4) is 5.75 Å². The summed E-state index contributed by atoms with van der Waals surface area (Å²) in [4.78, 5) is 35.1. The number of fused-ring (bicyclic) bond motifs is 3. The van der Waals surface area contributed by atoms with E-state index in [1.807, 2.05) is 28.4 Å². The third-order valence-electron chi connectivity index (χ3n) is 6.51. The van der Waals surface area contributed by atoms with Crippen LogP contribution in [0.3, 0.4) is 0 Å². The molecule has 1 fully saturated rings. The Bertz CT molecular complexity index is 1400. The molecule has 13 heteroatoms. The van der Waals surface area contributed by atoms with Gasteiger partial charge < -0.3 is 19.9 Å². The number of rotatable bonds is 5. The highest BCUT2D eigenvalue weighted by Gasteiger charge is 2.25. The van der Waals surface area contributed by atoms with Gasteiger partial charge in [-0.3, -0.25) is 14.5 Å². The Morgan fingerprint density at radius 2 is 1.89 bits per heavy atom. The van der Waals surface area contributed by atoms with E-state index >= 15 is 4.39 Å². The minimum atomic E-state index is -0.690. The number of hydrogen-bond acceptors (Lipinski definition) is 6. The summed E-state index contributed by atoms with van der Waals surface area (Å²) in [5.74, 6) is -1.09. The molecule has 2 N–H and O–H groups in total. The molecule has 0 unspecified atom stereocenters. The minimum absolute atomic E-state index is 0.0330. The maximum absolute atomic E-state index is 15.3. The molecule has 1 amide bonds. The monoisotopic (exact) mass is 491 g/mol. The van der Waals surface area contributed by atoms with Crippen LogP contribution in [0.5, 0.6) is 5.75 Å². The molecule has 2 aliphatic heterocycles. The topological polar surface area (TPSA) is 90.6 Å². The maximum Gasteiger partial charge on any atom is 0.268 e. The molecule has 0 saturated carbocycles. The fourth-order valence-corrected chi connectivity index (χ4v) is 4.74. The predicted octanol–water partition coefficient (Wildman–Crippen LogP) is -1.30. The highest BCUT2D eigenvalue weighted by Crippen LogP contribution is 2.33. The van der Waals surface area contributed by atoms with Gasteiger partial charge in [0.05, 0.1) is 23.4 Å². The second kappa shape index (κ2) is 9.27. The van der Waals surface area contributed by atoms with Crippen LogP contribution in [0.2, 0.25) is 0 Å². The number of nitrogens with one attached hydrogen (secondary N) is 2. The van der Waals surface area contributed by atoms with Crippen molar-refractivity contribution in [2.24, 2.45) is 0 Å². The zero-order chi connectivity index (χ0) is 25.6. The van der Waals surface area contributed by atoms with Gasteiger partial charge in [-0.25, -0.2) is 9.37 Å². The van der Waals surface area contributed by atoms with Gasteiger partial charge in [-0.05, 0) is 23.4 Å².